The Morgan fingerprint density at radius 3 is 3.00 bits per heavy atom. The molecule has 2 aromatic rings. The molecule has 0 saturated carbocycles. The summed E-state index contributed by atoms with van der Waals surface area (Å²) in [7, 11) is 0. The zero-order valence-electron chi connectivity index (χ0n) is 11.8. The van der Waals surface area contributed by atoms with E-state index in [1.165, 1.54) is 11.8 Å². The fourth-order valence-corrected chi connectivity index (χ4v) is 2.98. The molecule has 1 aromatic heterocycles. The molecule has 4 heteroatoms. The van der Waals surface area contributed by atoms with Gasteiger partial charge in [-0.2, -0.15) is 0 Å². The third kappa shape index (κ3) is 2.48. The number of nitrogens with one attached hydrogen (secondary N) is 1. The molecule has 1 aliphatic rings. The Morgan fingerprint density at radius 2 is 2.25 bits per heavy atom. The van der Waals surface area contributed by atoms with Crippen molar-refractivity contribution in [3.63, 3.8) is 0 Å². The van der Waals surface area contributed by atoms with Crippen molar-refractivity contribution in [2.75, 3.05) is 13.1 Å². The number of hydrogen-bond acceptors (Lipinski definition) is 2. The minimum atomic E-state index is -0.122. The molecule has 0 radical (unpaired) electrons. The molecule has 3 nitrogen and oxygen atoms in total. The number of halogens is 1. The fourth-order valence-electron chi connectivity index (χ4n) is 2.98. The predicted octanol–water partition coefficient (Wildman–Crippen LogP) is 2.52. The average molecular weight is 273 g/mol. The third-order valence-corrected chi connectivity index (χ3v) is 4.28. The Bertz CT molecular complexity index is 585. The number of aryl methyl sites for hydroxylation is 2. The Kier molecular flexibility index (Phi) is 3.57. The molecular formula is C16H20FN3. The molecule has 1 fully saturated rings. The summed E-state index contributed by atoms with van der Waals surface area (Å²) >= 11 is 0. The number of imidazole rings is 1. The van der Waals surface area contributed by atoms with Gasteiger partial charge in [-0.1, -0.05) is 25.1 Å². The number of aromatic nitrogens is 2. The van der Waals surface area contributed by atoms with Gasteiger partial charge in [-0.3, -0.25) is 0 Å². The van der Waals surface area contributed by atoms with E-state index in [1.54, 1.807) is 6.07 Å². The molecule has 0 aliphatic carbocycles. The van der Waals surface area contributed by atoms with E-state index in [2.05, 4.69) is 21.8 Å². The van der Waals surface area contributed by atoms with Gasteiger partial charge >= 0.3 is 0 Å². The summed E-state index contributed by atoms with van der Waals surface area (Å²) in [6.07, 6.45) is 5.63. The summed E-state index contributed by atoms with van der Waals surface area (Å²) in [5.41, 5.74) is 2.16. The molecular weight excluding hydrogens is 253 g/mol. The maximum atomic E-state index is 13.7. The van der Waals surface area contributed by atoms with Crippen LogP contribution in [0.1, 0.15) is 24.6 Å². The zero-order valence-corrected chi connectivity index (χ0v) is 11.8. The molecule has 0 spiro atoms. The van der Waals surface area contributed by atoms with Crippen LogP contribution in [0.5, 0.6) is 0 Å². The maximum Gasteiger partial charge on any atom is 0.126 e. The first-order valence-electron chi connectivity index (χ1n) is 7.14. The number of benzene rings is 1. The van der Waals surface area contributed by atoms with Crippen LogP contribution in [0.4, 0.5) is 4.39 Å². The molecule has 1 atom stereocenters. The molecule has 2 heterocycles. The van der Waals surface area contributed by atoms with Crippen LogP contribution in [0.15, 0.2) is 36.8 Å². The summed E-state index contributed by atoms with van der Waals surface area (Å²) in [5, 5.41) is 3.41. The Labute approximate surface area is 118 Å². The minimum absolute atomic E-state index is 0.122. The highest BCUT2D eigenvalue weighted by Crippen LogP contribution is 2.29. The summed E-state index contributed by atoms with van der Waals surface area (Å²) in [6, 6.07) is 6.99. The Balaban J connectivity index is 1.76. The van der Waals surface area contributed by atoms with E-state index in [1.807, 2.05) is 24.7 Å². The van der Waals surface area contributed by atoms with Crippen molar-refractivity contribution < 1.29 is 4.39 Å². The molecule has 106 valence electrons. The summed E-state index contributed by atoms with van der Waals surface area (Å²) in [6.45, 7) is 5.07. The van der Waals surface area contributed by atoms with Gasteiger partial charge in [-0.25, -0.2) is 9.37 Å². The minimum Gasteiger partial charge on any atom is -0.334 e. The van der Waals surface area contributed by atoms with Crippen molar-refractivity contribution >= 4 is 0 Å². The first-order valence-corrected chi connectivity index (χ1v) is 7.14. The van der Waals surface area contributed by atoms with Gasteiger partial charge in [0.1, 0.15) is 5.82 Å². The van der Waals surface area contributed by atoms with E-state index in [4.69, 9.17) is 0 Å². The van der Waals surface area contributed by atoms with Crippen LogP contribution in [0.25, 0.3) is 0 Å². The van der Waals surface area contributed by atoms with Crippen molar-refractivity contribution in [2.45, 2.75) is 31.7 Å². The van der Waals surface area contributed by atoms with Gasteiger partial charge in [0.2, 0.25) is 0 Å². The quantitative estimate of drug-likeness (QED) is 0.927. The topological polar surface area (TPSA) is 29.9 Å². The Hall–Kier alpha value is -1.68. The molecule has 1 saturated heterocycles. The lowest BCUT2D eigenvalue weighted by atomic mass is 9.86. The number of nitrogens with zero attached hydrogens (tertiary/aromatic N) is 2. The van der Waals surface area contributed by atoms with Gasteiger partial charge in [0.15, 0.2) is 0 Å². The van der Waals surface area contributed by atoms with Crippen molar-refractivity contribution in [2.24, 2.45) is 0 Å². The molecule has 1 unspecified atom stereocenters. The lowest BCUT2D eigenvalue weighted by molar-refractivity contribution is 0.470. The van der Waals surface area contributed by atoms with Crippen molar-refractivity contribution in [3.05, 3.63) is 53.9 Å². The van der Waals surface area contributed by atoms with Crippen LogP contribution in [0, 0.1) is 5.82 Å². The zero-order chi connectivity index (χ0) is 14.0. The molecule has 1 aliphatic heterocycles. The summed E-state index contributed by atoms with van der Waals surface area (Å²) < 4.78 is 15.8. The SMILES string of the molecule is CC1(c2cncn2CCc2ccccc2F)CCNC1. The smallest absolute Gasteiger partial charge is 0.126 e. The van der Waals surface area contributed by atoms with Gasteiger partial charge in [0, 0.05) is 30.4 Å². The second kappa shape index (κ2) is 5.37. The lowest BCUT2D eigenvalue weighted by Gasteiger charge is -2.24. The first-order chi connectivity index (χ1) is 9.69. The summed E-state index contributed by atoms with van der Waals surface area (Å²) in [5.74, 6) is -0.122. The van der Waals surface area contributed by atoms with Crippen molar-refractivity contribution in [1.82, 2.24) is 14.9 Å². The van der Waals surface area contributed by atoms with E-state index in [0.29, 0.717) is 6.42 Å². The standard InChI is InChI=1S/C16H20FN3/c1-16(7-8-18-11-16)15-10-19-12-20(15)9-6-13-4-2-3-5-14(13)17/h2-5,10,12,18H,6-9,11H2,1H3. The first kappa shape index (κ1) is 13.3. The third-order valence-electron chi connectivity index (χ3n) is 4.28. The average Bonchev–Trinajstić information content (AvgIpc) is 3.07. The Morgan fingerprint density at radius 1 is 1.40 bits per heavy atom. The van der Waals surface area contributed by atoms with E-state index in [9.17, 15) is 4.39 Å². The highest BCUT2D eigenvalue weighted by atomic mass is 19.1. The van der Waals surface area contributed by atoms with Crippen LogP contribution in [-0.2, 0) is 18.4 Å². The van der Waals surface area contributed by atoms with Crippen LogP contribution in [0.3, 0.4) is 0 Å². The van der Waals surface area contributed by atoms with Crippen LogP contribution in [-0.4, -0.2) is 22.6 Å². The van der Waals surface area contributed by atoms with E-state index < -0.39 is 0 Å². The molecule has 20 heavy (non-hydrogen) atoms. The number of rotatable bonds is 4. The molecule has 0 bridgehead atoms. The van der Waals surface area contributed by atoms with E-state index >= 15 is 0 Å². The van der Waals surface area contributed by atoms with Gasteiger partial charge in [0.05, 0.1) is 6.33 Å². The second-order valence-corrected chi connectivity index (χ2v) is 5.80. The van der Waals surface area contributed by atoms with Crippen molar-refractivity contribution in [3.8, 4) is 0 Å². The molecule has 1 N–H and O–H groups in total. The van der Waals surface area contributed by atoms with Crippen LogP contribution >= 0.6 is 0 Å². The maximum absolute atomic E-state index is 13.7. The fraction of sp³-hybridized carbons (Fsp3) is 0.438. The summed E-state index contributed by atoms with van der Waals surface area (Å²) in [4.78, 5) is 4.29. The molecule has 1 aromatic carbocycles. The molecule has 3 rings (SSSR count). The van der Waals surface area contributed by atoms with Crippen molar-refractivity contribution in [1.29, 1.82) is 0 Å². The second-order valence-electron chi connectivity index (χ2n) is 5.80. The number of hydrogen-bond donors (Lipinski definition) is 1. The van der Waals surface area contributed by atoms with Gasteiger partial charge < -0.3 is 9.88 Å². The van der Waals surface area contributed by atoms with E-state index in [-0.39, 0.29) is 11.2 Å². The van der Waals surface area contributed by atoms with Gasteiger partial charge in [-0.05, 0) is 31.0 Å². The largest absolute Gasteiger partial charge is 0.334 e. The van der Waals surface area contributed by atoms with Gasteiger partial charge in [0.25, 0.3) is 0 Å². The monoisotopic (exact) mass is 273 g/mol. The highest BCUT2D eigenvalue weighted by Gasteiger charge is 2.33. The van der Waals surface area contributed by atoms with Crippen LogP contribution < -0.4 is 5.32 Å². The molecule has 0 amide bonds. The van der Waals surface area contributed by atoms with Gasteiger partial charge in [-0.15, -0.1) is 0 Å². The van der Waals surface area contributed by atoms with E-state index in [0.717, 1.165) is 31.6 Å². The normalized spacial score (nSPS) is 22.3. The highest BCUT2D eigenvalue weighted by molar-refractivity contribution is 5.19. The predicted molar refractivity (Wildman–Crippen MR) is 77.2 cm³/mol. The van der Waals surface area contributed by atoms with Crippen LogP contribution in [0.2, 0.25) is 0 Å². The lowest BCUT2D eigenvalue weighted by Crippen LogP contribution is -2.28.